The molecule has 0 bridgehead atoms. The third-order valence-electron chi connectivity index (χ3n) is 4.56. The van der Waals surface area contributed by atoms with Crippen LogP contribution in [-0.2, 0) is 11.3 Å². The first kappa shape index (κ1) is 13.4. The maximum absolute atomic E-state index is 8.77. The summed E-state index contributed by atoms with van der Waals surface area (Å²) in [6.07, 6.45) is 12.2. The Kier molecular flexibility index (Phi) is 3.65. The molecule has 0 radical (unpaired) electrons. The summed E-state index contributed by atoms with van der Waals surface area (Å²) in [5.74, 6) is 0.543. The highest BCUT2D eigenvalue weighted by atomic mass is 16.5. The predicted molar refractivity (Wildman–Crippen MR) is 74.7 cm³/mol. The first-order chi connectivity index (χ1) is 9.72. The predicted octanol–water partition coefficient (Wildman–Crippen LogP) is 1.86. The van der Waals surface area contributed by atoms with E-state index in [1.807, 2.05) is 10.8 Å². The Morgan fingerprint density at radius 3 is 3.00 bits per heavy atom. The highest BCUT2D eigenvalue weighted by molar-refractivity contribution is 5.93. The molecule has 1 atom stereocenters. The summed E-state index contributed by atoms with van der Waals surface area (Å²) < 4.78 is 8.24. The van der Waals surface area contributed by atoms with E-state index in [2.05, 4.69) is 10.1 Å². The van der Waals surface area contributed by atoms with Crippen LogP contribution in [0.4, 0.5) is 0 Å². The van der Waals surface area contributed by atoms with Crippen molar-refractivity contribution in [2.75, 3.05) is 0 Å². The van der Waals surface area contributed by atoms with Crippen LogP contribution >= 0.6 is 0 Å². The molecule has 1 aromatic rings. The third kappa shape index (κ3) is 2.52. The zero-order valence-electron chi connectivity index (χ0n) is 11.7. The number of hydrogen-bond acceptors (Lipinski definition) is 4. The quantitative estimate of drug-likeness (QED) is 0.382. The standard InChI is InChI=1S/C14H22N4O2/c15-12(17-19)13-16-8-9-18(13)10-11-4-7-14(20-11)5-2-1-3-6-14/h8-9,11,19H,1-7,10H2,(H2,15,17). The summed E-state index contributed by atoms with van der Waals surface area (Å²) in [6, 6.07) is 0. The van der Waals surface area contributed by atoms with Gasteiger partial charge in [-0.15, -0.1) is 0 Å². The van der Waals surface area contributed by atoms with Crippen molar-refractivity contribution in [1.29, 1.82) is 0 Å². The van der Waals surface area contributed by atoms with Gasteiger partial charge in [-0.25, -0.2) is 4.98 Å². The Labute approximate surface area is 118 Å². The van der Waals surface area contributed by atoms with E-state index in [9.17, 15) is 0 Å². The van der Waals surface area contributed by atoms with Gasteiger partial charge in [-0.1, -0.05) is 24.4 Å². The summed E-state index contributed by atoms with van der Waals surface area (Å²) in [5, 5.41) is 11.8. The average Bonchev–Trinajstić information content (AvgIpc) is 3.07. The minimum Gasteiger partial charge on any atom is -0.409 e. The second-order valence-electron chi connectivity index (χ2n) is 5.91. The first-order valence-corrected chi connectivity index (χ1v) is 7.39. The fourth-order valence-corrected chi connectivity index (χ4v) is 3.54. The summed E-state index contributed by atoms with van der Waals surface area (Å²) in [7, 11) is 0. The number of amidine groups is 1. The zero-order chi connectivity index (χ0) is 14.0. The fourth-order valence-electron chi connectivity index (χ4n) is 3.54. The molecule has 20 heavy (non-hydrogen) atoms. The molecule has 2 aliphatic rings. The maximum Gasteiger partial charge on any atom is 0.206 e. The van der Waals surface area contributed by atoms with Crippen LogP contribution in [0, 0.1) is 0 Å². The van der Waals surface area contributed by atoms with Gasteiger partial charge in [0.15, 0.2) is 5.82 Å². The summed E-state index contributed by atoms with van der Waals surface area (Å²) >= 11 is 0. The molecule has 1 aliphatic heterocycles. The zero-order valence-corrected chi connectivity index (χ0v) is 11.7. The highest BCUT2D eigenvalue weighted by Crippen LogP contribution is 2.42. The summed E-state index contributed by atoms with van der Waals surface area (Å²) in [4.78, 5) is 4.12. The topological polar surface area (TPSA) is 85.7 Å². The van der Waals surface area contributed by atoms with Crippen molar-refractivity contribution in [3.05, 3.63) is 18.2 Å². The number of rotatable bonds is 3. The molecule has 110 valence electrons. The van der Waals surface area contributed by atoms with Crippen LogP contribution in [0.5, 0.6) is 0 Å². The monoisotopic (exact) mass is 278 g/mol. The van der Waals surface area contributed by atoms with Gasteiger partial charge >= 0.3 is 0 Å². The molecule has 1 unspecified atom stereocenters. The van der Waals surface area contributed by atoms with Gasteiger partial charge in [-0.3, -0.25) is 0 Å². The second-order valence-corrected chi connectivity index (χ2v) is 5.91. The fraction of sp³-hybridized carbons (Fsp3) is 0.714. The largest absolute Gasteiger partial charge is 0.409 e. The van der Waals surface area contributed by atoms with Gasteiger partial charge in [0.2, 0.25) is 5.84 Å². The van der Waals surface area contributed by atoms with Crippen LogP contribution in [0.1, 0.15) is 50.8 Å². The lowest BCUT2D eigenvalue weighted by molar-refractivity contribution is -0.0680. The molecule has 6 nitrogen and oxygen atoms in total. The lowest BCUT2D eigenvalue weighted by Gasteiger charge is -2.33. The van der Waals surface area contributed by atoms with Crippen molar-refractivity contribution in [3.63, 3.8) is 0 Å². The molecule has 6 heteroatoms. The molecule has 1 saturated carbocycles. The van der Waals surface area contributed by atoms with Gasteiger partial charge in [-0.2, -0.15) is 0 Å². The minimum atomic E-state index is 0.0420. The van der Waals surface area contributed by atoms with E-state index >= 15 is 0 Å². The number of aromatic nitrogens is 2. The third-order valence-corrected chi connectivity index (χ3v) is 4.56. The van der Waals surface area contributed by atoms with Crippen LogP contribution in [0.25, 0.3) is 0 Å². The van der Waals surface area contributed by atoms with E-state index < -0.39 is 0 Å². The molecular weight excluding hydrogens is 256 g/mol. The maximum atomic E-state index is 8.77. The summed E-state index contributed by atoms with van der Waals surface area (Å²) in [6.45, 7) is 0.716. The van der Waals surface area contributed by atoms with Crippen LogP contribution in [0.15, 0.2) is 17.5 Å². The molecule has 2 heterocycles. The average molecular weight is 278 g/mol. The Morgan fingerprint density at radius 2 is 2.25 bits per heavy atom. The van der Waals surface area contributed by atoms with Gasteiger partial charge in [0.05, 0.1) is 18.2 Å². The molecule has 1 saturated heterocycles. The lowest BCUT2D eigenvalue weighted by Crippen LogP contribution is -2.33. The molecule has 3 N–H and O–H groups in total. The number of imidazole rings is 1. The number of nitrogens with two attached hydrogens (primary N) is 1. The van der Waals surface area contributed by atoms with Crippen LogP contribution in [0.2, 0.25) is 0 Å². The number of nitrogens with zero attached hydrogens (tertiary/aromatic N) is 3. The molecule has 1 aromatic heterocycles. The molecule has 3 rings (SSSR count). The molecule has 2 fully saturated rings. The molecule has 1 spiro atoms. The normalized spacial score (nSPS) is 26.2. The molecular formula is C14H22N4O2. The highest BCUT2D eigenvalue weighted by Gasteiger charge is 2.40. The van der Waals surface area contributed by atoms with E-state index in [4.69, 9.17) is 15.7 Å². The van der Waals surface area contributed by atoms with Crippen molar-refractivity contribution in [1.82, 2.24) is 9.55 Å². The van der Waals surface area contributed by atoms with Crippen molar-refractivity contribution in [2.24, 2.45) is 10.9 Å². The molecule has 0 aromatic carbocycles. The van der Waals surface area contributed by atoms with E-state index in [1.54, 1.807) is 6.20 Å². The molecule has 0 amide bonds. The Hall–Kier alpha value is -1.56. The Balaban J connectivity index is 1.66. The van der Waals surface area contributed by atoms with Crippen LogP contribution < -0.4 is 5.73 Å². The van der Waals surface area contributed by atoms with Crippen molar-refractivity contribution in [3.8, 4) is 0 Å². The lowest BCUT2D eigenvalue weighted by atomic mass is 9.83. The van der Waals surface area contributed by atoms with Gasteiger partial charge in [0.25, 0.3) is 0 Å². The number of ether oxygens (including phenoxy) is 1. The Bertz CT molecular complexity index is 491. The number of hydrogen-bond donors (Lipinski definition) is 2. The van der Waals surface area contributed by atoms with Gasteiger partial charge in [0, 0.05) is 12.4 Å². The van der Waals surface area contributed by atoms with E-state index in [0.717, 1.165) is 12.8 Å². The van der Waals surface area contributed by atoms with Crippen LogP contribution in [0.3, 0.4) is 0 Å². The molecule has 1 aliphatic carbocycles. The van der Waals surface area contributed by atoms with Crippen LogP contribution in [-0.4, -0.2) is 32.3 Å². The first-order valence-electron chi connectivity index (χ1n) is 7.39. The van der Waals surface area contributed by atoms with Crippen molar-refractivity contribution >= 4 is 5.84 Å². The van der Waals surface area contributed by atoms with E-state index in [1.165, 1.54) is 32.1 Å². The van der Waals surface area contributed by atoms with E-state index in [0.29, 0.717) is 12.4 Å². The second kappa shape index (κ2) is 5.44. The number of oxime groups is 1. The smallest absolute Gasteiger partial charge is 0.206 e. The van der Waals surface area contributed by atoms with Gasteiger partial charge < -0.3 is 20.2 Å². The Morgan fingerprint density at radius 1 is 1.45 bits per heavy atom. The van der Waals surface area contributed by atoms with Crippen molar-refractivity contribution < 1.29 is 9.94 Å². The summed E-state index contributed by atoms with van der Waals surface area (Å²) in [5.41, 5.74) is 5.75. The van der Waals surface area contributed by atoms with Gasteiger partial charge in [-0.05, 0) is 25.7 Å². The minimum absolute atomic E-state index is 0.0420. The van der Waals surface area contributed by atoms with Crippen molar-refractivity contribution in [2.45, 2.75) is 63.2 Å². The van der Waals surface area contributed by atoms with Gasteiger partial charge in [0.1, 0.15) is 0 Å². The van der Waals surface area contributed by atoms with E-state index in [-0.39, 0.29) is 17.5 Å². The SMILES string of the molecule is N/C(=N/O)c1nccn1CC1CCC2(CCCCC2)O1.